The number of fused-ring (bicyclic) bond motifs is 7. The first-order valence-electron chi connectivity index (χ1n) is 16.9. The molecule has 1 saturated carbocycles. The van der Waals surface area contributed by atoms with Crippen LogP contribution in [-0.4, -0.2) is 12.3 Å². The van der Waals surface area contributed by atoms with Crippen LogP contribution in [0.4, 0.5) is 28.4 Å². The van der Waals surface area contributed by atoms with Crippen molar-refractivity contribution in [3.8, 4) is 0 Å². The minimum absolute atomic E-state index is 0.0584. The van der Waals surface area contributed by atoms with E-state index in [1.165, 1.54) is 87.2 Å². The van der Waals surface area contributed by atoms with E-state index >= 15 is 0 Å². The van der Waals surface area contributed by atoms with Crippen molar-refractivity contribution in [1.29, 1.82) is 0 Å². The second-order valence-electron chi connectivity index (χ2n) is 16.7. The zero-order valence-corrected chi connectivity index (χ0v) is 28.2. The first kappa shape index (κ1) is 28.0. The van der Waals surface area contributed by atoms with Crippen LogP contribution in [-0.2, 0) is 16.2 Å². The van der Waals surface area contributed by atoms with Crippen LogP contribution in [0.3, 0.4) is 0 Å². The Kier molecular flexibility index (Phi) is 5.63. The van der Waals surface area contributed by atoms with Crippen molar-refractivity contribution in [1.82, 2.24) is 0 Å². The molecule has 0 saturated heterocycles. The third-order valence-electron chi connectivity index (χ3n) is 11.9. The third kappa shape index (κ3) is 3.56. The quantitative estimate of drug-likeness (QED) is 0.183. The summed E-state index contributed by atoms with van der Waals surface area (Å²) in [4.78, 5) is 5.42. The van der Waals surface area contributed by atoms with Crippen LogP contribution in [0.15, 0.2) is 72.8 Å². The predicted octanol–water partition coefficient (Wildman–Crippen LogP) is 8.94. The molecule has 0 aromatic heterocycles. The predicted molar refractivity (Wildman–Crippen MR) is 191 cm³/mol. The number of hydrogen-bond donors (Lipinski definition) is 0. The Bertz CT molecular complexity index is 1860. The second kappa shape index (κ2) is 8.84. The number of anilines is 5. The summed E-state index contributed by atoms with van der Waals surface area (Å²) < 4.78 is 0. The molecule has 8 rings (SSSR count). The van der Waals surface area contributed by atoms with E-state index in [0.717, 1.165) is 0 Å². The molecule has 224 valence electrons. The Morgan fingerprint density at radius 1 is 0.682 bits per heavy atom. The molecule has 0 spiro atoms. The monoisotopic (exact) mass is 578 g/mol. The van der Waals surface area contributed by atoms with Gasteiger partial charge in [0.2, 0.25) is 0 Å². The summed E-state index contributed by atoms with van der Waals surface area (Å²) in [7, 11) is 0. The molecular formula is C41H47BN2. The van der Waals surface area contributed by atoms with E-state index in [2.05, 4.69) is 145 Å². The highest BCUT2D eigenvalue weighted by molar-refractivity contribution is 7.00. The topological polar surface area (TPSA) is 6.48 Å². The maximum atomic E-state index is 2.82. The van der Waals surface area contributed by atoms with Crippen LogP contribution >= 0.6 is 0 Å². The average Bonchev–Trinajstić information content (AvgIpc) is 3.17. The number of benzene rings is 4. The molecule has 44 heavy (non-hydrogen) atoms. The molecule has 4 aromatic carbocycles. The molecule has 0 N–H and O–H groups in total. The normalized spacial score (nSPS) is 23.2. The van der Waals surface area contributed by atoms with Gasteiger partial charge in [0.25, 0.3) is 6.71 Å². The minimum Gasteiger partial charge on any atom is -0.335 e. The van der Waals surface area contributed by atoms with Crippen LogP contribution in [0.25, 0.3) is 0 Å². The summed E-state index contributed by atoms with van der Waals surface area (Å²) in [6.07, 6.45) is 5.10. The van der Waals surface area contributed by atoms with Crippen molar-refractivity contribution < 1.29 is 0 Å². The number of nitrogens with zero attached hydrogens (tertiary/aromatic N) is 2. The van der Waals surface area contributed by atoms with Gasteiger partial charge in [0.05, 0.1) is 5.54 Å². The third-order valence-corrected chi connectivity index (χ3v) is 11.9. The minimum atomic E-state index is 0.0584. The molecule has 3 aliphatic heterocycles. The summed E-state index contributed by atoms with van der Waals surface area (Å²) in [5.41, 5.74) is 17.3. The standard InChI is InChI=1S/C41H47BN2/c1-26-22-30-37-32(23-26)42-31-19-18-28(39(5,6)7)25-35(31)43(29-15-12-14-27(24-29)38(2,3)4)33-16-13-17-34(36(33)42)44(37)41(9)21-11-10-20-40(30,41)8/h12-19,22-25H,10-11,20-21H2,1-9H3. The lowest BCUT2D eigenvalue weighted by atomic mass is 9.33. The molecule has 2 nitrogen and oxygen atoms in total. The Morgan fingerprint density at radius 2 is 1.36 bits per heavy atom. The maximum Gasteiger partial charge on any atom is 0.252 e. The molecule has 3 heteroatoms. The number of rotatable bonds is 1. The molecule has 0 radical (unpaired) electrons. The maximum absolute atomic E-state index is 2.82. The Balaban J connectivity index is 1.47. The van der Waals surface area contributed by atoms with Crippen molar-refractivity contribution in [2.24, 2.45) is 0 Å². The molecular weight excluding hydrogens is 531 g/mol. The number of aryl methyl sites for hydroxylation is 1. The molecule has 0 amide bonds. The van der Waals surface area contributed by atoms with Crippen molar-refractivity contribution in [2.45, 2.75) is 110 Å². The van der Waals surface area contributed by atoms with Crippen molar-refractivity contribution in [3.05, 3.63) is 95.1 Å². The lowest BCUT2D eigenvalue weighted by Crippen LogP contribution is -2.64. The first-order chi connectivity index (χ1) is 20.7. The summed E-state index contributed by atoms with van der Waals surface area (Å²) in [6, 6.07) is 28.9. The number of hydrogen-bond acceptors (Lipinski definition) is 2. The van der Waals surface area contributed by atoms with Crippen LogP contribution in [0.1, 0.15) is 103 Å². The molecule has 4 aliphatic rings. The van der Waals surface area contributed by atoms with Crippen LogP contribution < -0.4 is 26.2 Å². The Labute approximate surface area is 265 Å². The van der Waals surface area contributed by atoms with Gasteiger partial charge < -0.3 is 9.80 Å². The van der Waals surface area contributed by atoms with Gasteiger partial charge in [-0.25, -0.2) is 0 Å². The highest BCUT2D eigenvalue weighted by Gasteiger charge is 2.61. The van der Waals surface area contributed by atoms with Gasteiger partial charge in [-0.15, -0.1) is 0 Å². The van der Waals surface area contributed by atoms with E-state index < -0.39 is 0 Å². The fraction of sp³-hybridized carbons (Fsp3) is 0.415. The Morgan fingerprint density at radius 3 is 2.11 bits per heavy atom. The summed E-state index contributed by atoms with van der Waals surface area (Å²) >= 11 is 0. The fourth-order valence-corrected chi connectivity index (χ4v) is 9.28. The van der Waals surface area contributed by atoms with Gasteiger partial charge in [0.1, 0.15) is 0 Å². The molecule has 4 aromatic rings. The molecule has 1 aliphatic carbocycles. The van der Waals surface area contributed by atoms with Gasteiger partial charge in [-0.1, -0.05) is 109 Å². The van der Waals surface area contributed by atoms with E-state index in [1.54, 1.807) is 5.56 Å². The molecule has 1 fully saturated rings. The Hall–Kier alpha value is -3.46. The van der Waals surface area contributed by atoms with Gasteiger partial charge in [-0.05, 0) is 101 Å². The van der Waals surface area contributed by atoms with Gasteiger partial charge in [0, 0.05) is 33.9 Å². The summed E-state index contributed by atoms with van der Waals surface area (Å²) in [5.74, 6) is 0. The summed E-state index contributed by atoms with van der Waals surface area (Å²) in [5, 5.41) is 0. The SMILES string of the molecule is Cc1cc2c3c(c1)C1(C)CCCCC1(C)N3c1cccc3c1B2c1ccc(C(C)(C)C)cc1N3c1cccc(C(C)(C)C)c1. The van der Waals surface area contributed by atoms with Crippen molar-refractivity contribution in [2.75, 3.05) is 9.80 Å². The lowest BCUT2D eigenvalue weighted by molar-refractivity contribution is 0.195. The lowest BCUT2D eigenvalue weighted by Gasteiger charge is -2.52. The molecule has 0 bridgehead atoms. The van der Waals surface area contributed by atoms with Crippen LogP contribution in [0.5, 0.6) is 0 Å². The van der Waals surface area contributed by atoms with Crippen LogP contribution in [0.2, 0.25) is 0 Å². The van der Waals surface area contributed by atoms with Crippen molar-refractivity contribution in [3.63, 3.8) is 0 Å². The van der Waals surface area contributed by atoms with Gasteiger partial charge in [0.15, 0.2) is 0 Å². The summed E-state index contributed by atoms with van der Waals surface area (Å²) in [6.45, 7) is 21.6. The zero-order valence-electron chi connectivity index (χ0n) is 28.2. The molecule has 3 heterocycles. The molecule has 2 atom stereocenters. The first-order valence-corrected chi connectivity index (χ1v) is 16.9. The fourth-order valence-electron chi connectivity index (χ4n) is 9.28. The highest BCUT2D eigenvalue weighted by Crippen LogP contribution is 2.61. The molecule has 2 unspecified atom stereocenters. The van der Waals surface area contributed by atoms with Gasteiger partial charge >= 0.3 is 0 Å². The van der Waals surface area contributed by atoms with E-state index in [9.17, 15) is 0 Å². The second-order valence-corrected chi connectivity index (χ2v) is 16.7. The van der Waals surface area contributed by atoms with E-state index in [0.29, 0.717) is 0 Å². The van der Waals surface area contributed by atoms with Crippen molar-refractivity contribution >= 4 is 51.5 Å². The van der Waals surface area contributed by atoms with Gasteiger partial charge in [-0.2, -0.15) is 0 Å². The van der Waals surface area contributed by atoms with Crippen LogP contribution in [0, 0.1) is 6.92 Å². The van der Waals surface area contributed by atoms with E-state index in [4.69, 9.17) is 0 Å². The smallest absolute Gasteiger partial charge is 0.252 e. The highest BCUT2D eigenvalue weighted by atomic mass is 15.3. The average molecular weight is 579 g/mol. The van der Waals surface area contributed by atoms with Gasteiger partial charge in [-0.3, -0.25) is 0 Å². The zero-order chi connectivity index (χ0) is 31.0. The van der Waals surface area contributed by atoms with E-state index in [1.807, 2.05) is 0 Å². The van der Waals surface area contributed by atoms with E-state index in [-0.39, 0.29) is 28.5 Å². The largest absolute Gasteiger partial charge is 0.335 e.